The summed E-state index contributed by atoms with van der Waals surface area (Å²) >= 11 is 0. The van der Waals surface area contributed by atoms with E-state index in [0.29, 0.717) is 0 Å². The van der Waals surface area contributed by atoms with Crippen molar-refractivity contribution in [2.24, 2.45) is 5.41 Å². The Morgan fingerprint density at radius 2 is 1.80 bits per heavy atom. The third-order valence-electron chi connectivity index (χ3n) is 2.37. The molecule has 2 heteroatoms. The molecular weight excluding hydrogens is 188 g/mol. The van der Waals surface area contributed by atoms with E-state index >= 15 is 0 Å². The predicted molar refractivity (Wildman–Crippen MR) is 62.4 cm³/mol. The average Bonchev–Trinajstić information content (AvgIpc) is 2.18. The van der Waals surface area contributed by atoms with Crippen molar-refractivity contribution in [3.05, 3.63) is 42.0 Å². The maximum Gasteiger partial charge on any atom is 0.122 e. The Kier molecular flexibility index (Phi) is 3.66. The van der Waals surface area contributed by atoms with Gasteiger partial charge in [0.1, 0.15) is 6.10 Å². The van der Waals surface area contributed by atoms with E-state index in [1.54, 1.807) is 6.08 Å². The summed E-state index contributed by atoms with van der Waals surface area (Å²) in [4.78, 5) is 4.55. The van der Waals surface area contributed by atoms with E-state index in [0.717, 1.165) is 11.1 Å². The fourth-order valence-electron chi connectivity index (χ4n) is 1.53. The fraction of sp³-hybridized carbons (Fsp3) is 0.385. The molecule has 0 heterocycles. The second-order valence-electron chi connectivity index (χ2n) is 4.72. The van der Waals surface area contributed by atoms with Crippen LogP contribution < -0.4 is 0 Å². The van der Waals surface area contributed by atoms with Crippen LogP contribution in [0.2, 0.25) is 0 Å². The van der Waals surface area contributed by atoms with Crippen LogP contribution in [0.4, 0.5) is 0 Å². The topological polar surface area (TPSA) is 29.5 Å². The number of hydrogen-bond acceptors (Lipinski definition) is 2. The van der Waals surface area contributed by atoms with Crippen molar-refractivity contribution < 1.29 is 10.1 Å². The van der Waals surface area contributed by atoms with Gasteiger partial charge in [-0.2, -0.15) is 0 Å². The smallest absolute Gasteiger partial charge is 0.122 e. The molecule has 0 aromatic heterocycles. The van der Waals surface area contributed by atoms with Crippen molar-refractivity contribution in [3.8, 4) is 0 Å². The van der Waals surface area contributed by atoms with Crippen molar-refractivity contribution >= 4 is 6.08 Å². The predicted octanol–water partition coefficient (Wildman–Crippen LogP) is 3.91. The maximum absolute atomic E-state index is 8.92. The van der Waals surface area contributed by atoms with Crippen LogP contribution in [0, 0.1) is 5.41 Å². The first-order valence-electron chi connectivity index (χ1n) is 5.01. The van der Waals surface area contributed by atoms with Crippen LogP contribution in [0.3, 0.4) is 0 Å². The van der Waals surface area contributed by atoms with E-state index < -0.39 is 0 Å². The molecule has 0 saturated heterocycles. The summed E-state index contributed by atoms with van der Waals surface area (Å²) in [5, 5.41) is 8.92. The van der Waals surface area contributed by atoms with Gasteiger partial charge in [-0.1, -0.05) is 57.7 Å². The largest absolute Gasteiger partial charge is 0.251 e. The summed E-state index contributed by atoms with van der Waals surface area (Å²) in [6.45, 7) is 9.76. The van der Waals surface area contributed by atoms with Gasteiger partial charge in [0.2, 0.25) is 0 Å². The second kappa shape index (κ2) is 4.60. The van der Waals surface area contributed by atoms with Crippen molar-refractivity contribution in [2.45, 2.75) is 26.9 Å². The molecule has 0 aliphatic rings. The molecule has 1 rings (SSSR count). The van der Waals surface area contributed by atoms with Gasteiger partial charge in [-0.15, -0.1) is 0 Å². The molecule has 1 atom stereocenters. The van der Waals surface area contributed by atoms with Crippen molar-refractivity contribution in [1.29, 1.82) is 0 Å². The van der Waals surface area contributed by atoms with E-state index in [9.17, 15) is 0 Å². The maximum atomic E-state index is 8.92. The average molecular weight is 206 g/mol. The standard InChI is InChI=1S/C13H18O2/c1-5-10-6-8-11(9-7-10)12(15-14)13(2,3)4/h5-9,12,14H,1H2,2-4H3. The molecule has 0 aliphatic carbocycles. The molecule has 1 N–H and O–H groups in total. The second-order valence-corrected chi connectivity index (χ2v) is 4.72. The molecular formula is C13H18O2. The molecule has 2 nitrogen and oxygen atoms in total. The lowest BCUT2D eigenvalue weighted by Crippen LogP contribution is -2.20. The van der Waals surface area contributed by atoms with E-state index in [1.807, 2.05) is 45.0 Å². The summed E-state index contributed by atoms with van der Waals surface area (Å²) in [7, 11) is 0. The molecule has 15 heavy (non-hydrogen) atoms. The van der Waals surface area contributed by atoms with Gasteiger partial charge < -0.3 is 0 Å². The molecule has 0 bridgehead atoms. The highest BCUT2D eigenvalue weighted by Crippen LogP contribution is 2.35. The number of hydrogen-bond donors (Lipinski definition) is 1. The van der Waals surface area contributed by atoms with Crippen molar-refractivity contribution in [3.63, 3.8) is 0 Å². The summed E-state index contributed by atoms with van der Waals surface area (Å²) in [6.07, 6.45) is 1.48. The van der Waals surface area contributed by atoms with Gasteiger partial charge in [0.25, 0.3) is 0 Å². The molecule has 1 aromatic carbocycles. The zero-order chi connectivity index (χ0) is 11.5. The summed E-state index contributed by atoms with van der Waals surface area (Å²) in [5.41, 5.74) is 1.89. The van der Waals surface area contributed by atoms with Crippen LogP contribution in [-0.4, -0.2) is 5.26 Å². The van der Waals surface area contributed by atoms with Gasteiger partial charge in [-0.3, -0.25) is 5.26 Å². The summed E-state index contributed by atoms with van der Waals surface area (Å²) in [5.74, 6) is 0. The first-order valence-corrected chi connectivity index (χ1v) is 5.01. The van der Waals surface area contributed by atoms with Crippen molar-refractivity contribution in [1.82, 2.24) is 0 Å². The first-order chi connectivity index (χ1) is 6.99. The van der Waals surface area contributed by atoms with Crippen LogP contribution >= 0.6 is 0 Å². The summed E-state index contributed by atoms with van der Waals surface area (Å²) < 4.78 is 0. The zero-order valence-electron chi connectivity index (χ0n) is 9.53. The minimum Gasteiger partial charge on any atom is -0.251 e. The third-order valence-corrected chi connectivity index (χ3v) is 2.37. The molecule has 0 aliphatic heterocycles. The van der Waals surface area contributed by atoms with E-state index in [-0.39, 0.29) is 11.5 Å². The third kappa shape index (κ3) is 2.91. The zero-order valence-corrected chi connectivity index (χ0v) is 9.53. The van der Waals surface area contributed by atoms with Gasteiger partial charge in [-0.05, 0) is 16.5 Å². The molecule has 0 saturated carbocycles. The van der Waals surface area contributed by atoms with Crippen LogP contribution in [0.25, 0.3) is 6.08 Å². The van der Waals surface area contributed by atoms with Gasteiger partial charge in [0, 0.05) is 0 Å². The lowest BCUT2D eigenvalue weighted by Gasteiger charge is -2.27. The van der Waals surface area contributed by atoms with Gasteiger partial charge >= 0.3 is 0 Å². The Bertz CT molecular complexity index is 319. The van der Waals surface area contributed by atoms with Crippen molar-refractivity contribution in [2.75, 3.05) is 0 Å². The van der Waals surface area contributed by atoms with E-state index in [1.165, 1.54) is 0 Å². The molecule has 1 aromatic rings. The highest BCUT2D eigenvalue weighted by molar-refractivity contribution is 5.47. The van der Waals surface area contributed by atoms with Crippen LogP contribution in [0.1, 0.15) is 38.0 Å². The Balaban J connectivity index is 2.98. The lowest BCUT2D eigenvalue weighted by atomic mass is 9.84. The number of benzene rings is 1. The molecule has 0 amide bonds. The number of rotatable bonds is 3. The molecule has 0 fully saturated rings. The SMILES string of the molecule is C=Cc1ccc(C(OO)C(C)(C)C)cc1. The normalized spacial score (nSPS) is 13.6. The Labute approximate surface area is 91.1 Å². The van der Waals surface area contributed by atoms with E-state index in [2.05, 4.69) is 11.5 Å². The monoisotopic (exact) mass is 206 g/mol. The lowest BCUT2D eigenvalue weighted by molar-refractivity contribution is -0.303. The Morgan fingerprint density at radius 1 is 1.27 bits per heavy atom. The van der Waals surface area contributed by atoms with Crippen LogP contribution in [-0.2, 0) is 4.89 Å². The van der Waals surface area contributed by atoms with Gasteiger partial charge in [-0.25, -0.2) is 4.89 Å². The van der Waals surface area contributed by atoms with Gasteiger partial charge in [0.15, 0.2) is 0 Å². The van der Waals surface area contributed by atoms with E-state index in [4.69, 9.17) is 5.26 Å². The highest BCUT2D eigenvalue weighted by Gasteiger charge is 2.27. The van der Waals surface area contributed by atoms with Crippen LogP contribution in [0.5, 0.6) is 0 Å². The molecule has 82 valence electrons. The molecule has 1 unspecified atom stereocenters. The Morgan fingerprint density at radius 3 is 2.13 bits per heavy atom. The van der Waals surface area contributed by atoms with Gasteiger partial charge in [0.05, 0.1) is 0 Å². The quantitative estimate of drug-likeness (QED) is 0.600. The fourth-order valence-corrected chi connectivity index (χ4v) is 1.53. The molecule has 0 radical (unpaired) electrons. The highest BCUT2D eigenvalue weighted by atomic mass is 17.1. The summed E-state index contributed by atoms with van der Waals surface area (Å²) in [6, 6.07) is 7.81. The Hall–Kier alpha value is -1.12. The van der Waals surface area contributed by atoms with Crippen LogP contribution in [0.15, 0.2) is 30.8 Å². The minimum atomic E-state index is -0.309. The molecule has 0 spiro atoms. The first kappa shape index (κ1) is 12.0. The minimum absolute atomic E-state index is 0.134.